The van der Waals surface area contributed by atoms with Crippen molar-refractivity contribution >= 4 is 34.3 Å². The largest absolute Gasteiger partial charge is 0.324 e. The molecule has 0 saturated heterocycles. The highest BCUT2D eigenvalue weighted by molar-refractivity contribution is 8.00. The lowest BCUT2D eigenvalue weighted by atomic mass is 10.1. The number of pyridine rings is 1. The van der Waals surface area contributed by atoms with E-state index >= 15 is 0 Å². The molecule has 4 rings (SSSR count). The molecule has 0 aliphatic heterocycles. The van der Waals surface area contributed by atoms with E-state index in [1.54, 1.807) is 10.9 Å². The van der Waals surface area contributed by atoms with Crippen LogP contribution < -0.4 is 5.32 Å². The minimum absolute atomic E-state index is 0.124. The monoisotopic (exact) mass is 404 g/mol. The number of aromatic nitrogens is 5. The summed E-state index contributed by atoms with van der Waals surface area (Å²) in [5, 5.41) is 16.1. The highest BCUT2D eigenvalue weighted by atomic mass is 32.2. The number of thioether (sulfide) groups is 1. The van der Waals surface area contributed by atoms with E-state index in [9.17, 15) is 4.79 Å². The minimum atomic E-state index is -0.391. The molecular weight excluding hydrogens is 384 g/mol. The van der Waals surface area contributed by atoms with Crippen molar-refractivity contribution in [3.05, 3.63) is 65.9 Å². The van der Waals surface area contributed by atoms with E-state index in [2.05, 4.69) is 31.9 Å². The summed E-state index contributed by atoms with van der Waals surface area (Å²) >= 11 is 1.32. The molecule has 1 N–H and O–H groups in total. The number of anilines is 1. The number of rotatable bonds is 5. The zero-order valence-corrected chi connectivity index (χ0v) is 17.1. The van der Waals surface area contributed by atoms with Crippen LogP contribution in [0.25, 0.3) is 16.6 Å². The first-order valence-electron chi connectivity index (χ1n) is 9.20. The Morgan fingerprint density at radius 2 is 2.00 bits per heavy atom. The van der Waals surface area contributed by atoms with E-state index in [0.29, 0.717) is 5.16 Å². The molecular formula is C21H20N6OS. The maximum absolute atomic E-state index is 12.8. The Bertz CT molecular complexity index is 1180. The fourth-order valence-electron chi connectivity index (χ4n) is 3.10. The second kappa shape index (κ2) is 8.00. The van der Waals surface area contributed by atoms with Crippen molar-refractivity contribution in [2.45, 2.75) is 31.2 Å². The number of nitrogens with one attached hydrogen (secondary N) is 1. The van der Waals surface area contributed by atoms with Crippen molar-refractivity contribution in [1.82, 2.24) is 25.2 Å². The first-order valence-corrected chi connectivity index (χ1v) is 10.1. The number of carbonyl (C=O) groups excluding carboxylic acids is 1. The summed E-state index contributed by atoms with van der Waals surface area (Å²) in [5.74, 6) is -0.124. The van der Waals surface area contributed by atoms with Gasteiger partial charge in [-0.25, -0.2) is 0 Å². The van der Waals surface area contributed by atoms with Gasteiger partial charge in [-0.05, 0) is 67.1 Å². The fraction of sp³-hybridized carbons (Fsp3) is 0.190. The van der Waals surface area contributed by atoms with Gasteiger partial charge in [-0.3, -0.25) is 9.78 Å². The van der Waals surface area contributed by atoms with Crippen molar-refractivity contribution in [1.29, 1.82) is 0 Å². The maximum Gasteiger partial charge on any atom is 0.237 e. The fourth-order valence-corrected chi connectivity index (χ4v) is 3.91. The molecule has 1 atom stereocenters. The van der Waals surface area contributed by atoms with E-state index < -0.39 is 5.25 Å². The van der Waals surface area contributed by atoms with Gasteiger partial charge in [-0.15, -0.1) is 5.10 Å². The predicted molar refractivity (Wildman–Crippen MR) is 114 cm³/mol. The number of benzene rings is 2. The molecule has 29 heavy (non-hydrogen) atoms. The van der Waals surface area contributed by atoms with Crippen LogP contribution in [0.4, 0.5) is 5.69 Å². The summed E-state index contributed by atoms with van der Waals surface area (Å²) in [6.07, 6.45) is 1.74. The second-order valence-electron chi connectivity index (χ2n) is 6.79. The third-order valence-electron chi connectivity index (χ3n) is 4.58. The van der Waals surface area contributed by atoms with Crippen molar-refractivity contribution in [2.75, 3.05) is 5.32 Å². The van der Waals surface area contributed by atoms with Crippen LogP contribution in [0.3, 0.4) is 0 Å². The van der Waals surface area contributed by atoms with Crippen LogP contribution in [0.5, 0.6) is 0 Å². The summed E-state index contributed by atoms with van der Waals surface area (Å²) < 4.78 is 1.67. The normalized spacial score (nSPS) is 12.1. The molecule has 146 valence electrons. The quantitative estimate of drug-likeness (QED) is 0.507. The van der Waals surface area contributed by atoms with Crippen LogP contribution >= 0.6 is 11.8 Å². The Kier molecular flexibility index (Phi) is 5.26. The maximum atomic E-state index is 12.8. The van der Waals surface area contributed by atoms with Crippen molar-refractivity contribution in [2.24, 2.45) is 0 Å². The van der Waals surface area contributed by atoms with Gasteiger partial charge in [0.1, 0.15) is 0 Å². The lowest BCUT2D eigenvalue weighted by Gasteiger charge is -2.13. The highest BCUT2D eigenvalue weighted by Crippen LogP contribution is 2.27. The topological polar surface area (TPSA) is 85.6 Å². The summed E-state index contributed by atoms with van der Waals surface area (Å²) in [6.45, 7) is 5.90. The molecule has 1 amide bonds. The number of fused-ring (bicyclic) bond motifs is 1. The Balaban J connectivity index is 1.53. The summed E-state index contributed by atoms with van der Waals surface area (Å²) in [4.78, 5) is 17.1. The van der Waals surface area contributed by atoms with E-state index in [1.165, 1.54) is 17.3 Å². The van der Waals surface area contributed by atoms with E-state index in [1.807, 2.05) is 63.2 Å². The molecule has 4 aromatic rings. The molecule has 2 heterocycles. The van der Waals surface area contributed by atoms with Gasteiger partial charge in [0.15, 0.2) is 0 Å². The van der Waals surface area contributed by atoms with Crippen LogP contribution in [-0.4, -0.2) is 36.3 Å². The first-order chi connectivity index (χ1) is 14.0. The second-order valence-corrected chi connectivity index (χ2v) is 8.10. The molecule has 0 aliphatic carbocycles. The Morgan fingerprint density at radius 1 is 1.14 bits per heavy atom. The first kappa shape index (κ1) is 19.1. The van der Waals surface area contributed by atoms with Crippen LogP contribution in [0.15, 0.2) is 59.9 Å². The van der Waals surface area contributed by atoms with E-state index in [-0.39, 0.29) is 5.91 Å². The Morgan fingerprint density at radius 3 is 2.83 bits per heavy atom. The summed E-state index contributed by atoms with van der Waals surface area (Å²) in [5.41, 5.74) is 4.72. The van der Waals surface area contributed by atoms with Crippen LogP contribution in [0.1, 0.15) is 18.1 Å². The third kappa shape index (κ3) is 3.97. The van der Waals surface area contributed by atoms with Crippen LogP contribution in [0, 0.1) is 13.8 Å². The number of nitrogens with zero attached hydrogens (tertiary/aromatic N) is 5. The molecule has 0 saturated carbocycles. The lowest BCUT2D eigenvalue weighted by molar-refractivity contribution is -0.115. The Labute approximate surface area is 172 Å². The standard InChI is InChI=1S/C21H20N6OS/c1-13-9-10-19(14(2)12-13)27-21(24-25-26-27)29-15(3)20(28)23-18-8-4-7-17-16(18)6-5-11-22-17/h4-12,15H,1-3H3,(H,23,28). The molecule has 0 spiro atoms. The molecule has 7 nitrogen and oxygen atoms in total. The van der Waals surface area contributed by atoms with Crippen molar-refractivity contribution < 1.29 is 4.79 Å². The zero-order chi connectivity index (χ0) is 20.4. The SMILES string of the molecule is Cc1ccc(-n2nnnc2SC(C)C(=O)Nc2cccc3ncccc23)c(C)c1. The Hall–Kier alpha value is -3.26. The molecule has 8 heteroatoms. The van der Waals surface area contributed by atoms with Gasteiger partial charge in [0.2, 0.25) is 11.1 Å². The van der Waals surface area contributed by atoms with Gasteiger partial charge in [0.05, 0.1) is 22.1 Å². The summed E-state index contributed by atoms with van der Waals surface area (Å²) in [6, 6.07) is 15.5. The van der Waals surface area contributed by atoms with E-state index in [0.717, 1.165) is 27.8 Å². The molecule has 0 aliphatic rings. The number of tetrazole rings is 1. The summed E-state index contributed by atoms with van der Waals surface area (Å²) in [7, 11) is 0. The van der Waals surface area contributed by atoms with Gasteiger partial charge < -0.3 is 5.32 Å². The third-order valence-corrected chi connectivity index (χ3v) is 5.61. The molecule has 0 fully saturated rings. The lowest BCUT2D eigenvalue weighted by Crippen LogP contribution is -2.23. The van der Waals surface area contributed by atoms with Gasteiger partial charge >= 0.3 is 0 Å². The number of aryl methyl sites for hydroxylation is 2. The van der Waals surface area contributed by atoms with E-state index in [4.69, 9.17) is 0 Å². The number of carbonyl (C=O) groups is 1. The highest BCUT2D eigenvalue weighted by Gasteiger charge is 2.20. The van der Waals surface area contributed by atoms with Crippen LogP contribution in [-0.2, 0) is 4.79 Å². The average Bonchev–Trinajstić information content (AvgIpc) is 3.16. The number of amides is 1. The van der Waals surface area contributed by atoms with Gasteiger partial charge in [0.25, 0.3) is 0 Å². The number of hydrogen-bond donors (Lipinski definition) is 1. The van der Waals surface area contributed by atoms with Crippen LogP contribution in [0.2, 0.25) is 0 Å². The molecule has 1 unspecified atom stereocenters. The van der Waals surface area contributed by atoms with Gasteiger partial charge in [0, 0.05) is 11.6 Å². The minimum Gasteiger partial charge on any atom is -0.324 e. The van der Waals surface area contributed by atoms with Gasteiger partial charge in [-0.2, -0.15) is 4.68 Å². The molecule has 2 aromatic carbocycles. The number of hydrogen-bond acceptors (Lipinski definition) is 6. The molecule has 0 radical (unpaired) electrons. The zero-order valence-electron chi connectivity index (χ0n) is 16.3. The molecule has 0 bridgehead atoms. The van der Waals surface area contributed by atoms with Crippen molar-refractivity contribution in [3.63, 3.8) is 0 Å². The predicted octanol–water partition coefficient (Wildman–Crippen LogP) is 3.95. The van der Waals surface area contributed by atoms with Gasteiger partial charge in [-0.1, -0.05) is 35.5 Å². The van der Waals surface area contributed by atoms with Crippen molar-refractivity contribution in [3.8, 4) is 5.69 Å². The molecule has 2 aromatic heterocycles. The smallest absolute Gasteiger partial charge is 0.237 e. The average molecular weight is 404 g/mol.